The van der Waals surface area contributed by atoms with E-state index in [2.05, 4.69) is 5.32 Å². The molecule has 3 N–H and O–H groups in total. The highest BCUT2D eigenvalue weighted by Crippen LogP contribution is 2.31. The Kier molecular flexibility index (Phi) is 6.78. The van der Waals surface area contributed by atoms with E-state index >= 15 is 0 Å². The molecule has 0 saturated heterocycles. The minimum absolute atomic E-state index is 0. The minimum Gasteiger partial charge on any atom is -0.481 e. The molecule has 0 heterocycles. The molecule has 1 aromatic carbocycles. The molecule has 1 fully saturated rings. The Morgan fingerprint density at radius 3 is 2.76 bits per heavy atom. The third-order valence-corrected chi connectivity index (χ3v) is 3.98. The fourth-order valence-corrected chi connectivity index (χ4v) is 2.12. The predicted molar refractivity (Wildman–Crippen MR) is 87.2 cm³/mol. The van der Waals surface area contributed by atoms with Crippen LogP contribution in [-0.4, -0.2) is 24.6 Å². The summed E-state index contributed by atoms with van der Waals surface area (Å²) in [7, 11) is 0. The van der Waals surface area contributed by atoms with Crippen LogP contribution in [0.3, 0.4) is 0 Å². The number of benzene rings is 1. The van der Waals surface area contributed by atoms with Crippen LogP contribution in [0.1, 0.15) is 25.3 Å². The van der Waals surface area contributed by atoms with Gasteiger partial charge in [0.15, 0.2) is 6.10 Å². The molecule has 0 aliphatic heterocycles. The molecule has 118 valence electrons. The van der Waals surface area contributed by atoms with Crippen molar-refractivity contribution in [3.63, 3.8) is 0 Å². The molecule has 6 heteroatoms. The first-order valence-electron chi connectivity index (χ1n) is 6.93. The molecule has 21 heavy (non-hydrogen) atoms. The summed E-state index contributed by atoms with van der Waals surface area (Å²) in [4.78, 5) is 11.9. The largest absolute Gasteiger partial charge is 0.481 e. The Hall–Kier alpha value is -0.970. The smallest absolute Gasteiger partial charge is 0.260 e. The first-order valence-corrected chi connectivity index (χ1v) is 7.31. The number of halogens is 2. The van der Waals surface area contributed by atoms with Crippen LogP contribution in [0.4, 0.5) is 0 Å². The number of hydrogen-bond acceptors (Lipinski definition) is 3. The number of carbonyl (C=O) groups excluding carboxylic acids is 1. The van der Waals surface area contributed by atoms with Crippen LogP contribution in [0.5, 0.6) is 5.75 Å². The number of carbonyl (C=O) groups is 1. The van der Waals surface area contributed by atoms with Crippen LogP contribution in [0.2, 0.25) is 5.02 Å². The van der Waals surface area contributed by atoms with Gasteiger partial charge in [-0.2, -0.15) is 0 Å². The van der Waals surface area contributed by atoms with Crippen molar-refractivity contribution >= 4 is 29.9 Å². The first-order chi connectivity index (χ1) is 9.47. The Balaban J connectivity index is 0.00000220. The molecule has 1 saturated carbocycles. The lowest BCUT2D eigenvalue weighted by Crippen LogP contribution is -2.43. The van der Waals surface area contributed by atoms with Gasteiger partial charge in [-0.1, -0.05) is 11.6 Å². The van der Waals surface area contributed by atoms with Crippen molar-refractivity contribution in [1.29, 1.82) is 0 Å². The maximum atomic E-state index is 11.9. The average Bonchev–Trinajstić information content (AvgIpc) is 3.24. The Labute approximate surface area is 136 Å². The Bertz CT molecular complexity index is 493. The molecule has 2 atom stereocenters. The van der Waals surface area contributed by atoms with Gasteiger partial charge in [0.2, 0.25) is 0 Å². The van der Waals surface area contributed by atoms with E-state index in [1.54, 1.807) is 19.1 Å². The van der Waals surface area contributed by atoms with Gasteiger partial charge in [0.25, 0.3) is 5.91 Å². The molecule has 0 radical (unpaired) electrons. The van der Waals surface area contributed by atoms with E-state index in [0.717, 1.165) is 5.56 Å². The number of nitrogens with two attached hydrogens (primary N) is 1. The number of amides is 1. The number of aryl methyl sites for hydroxylation is 1. The molecular weight excluding hydrogens is 311 g/mol. The highest BCUT2D eigenvalue weighted by atomic mass is 35.5. The zero-order chi connectivity index (χ0) is 14.7. The topological polar surface area (TPSA) is 64.3 Å². The standard InChI is InChI=1S/C15H21ClN2O2.ClH/c1-9-7-12(5-6-13(9)16)20-10(2)15(19)18-8-14(17)11-3-4-11;/h5-7,10-11,14H,3-4,8,17H2,1-2H3,(H,18,19);1H. The van der Waals surface area contributed by atoms with Crippen molar-refractivity contribution in [3.05, 3.63) is 28.8 Å². The number of rotatable bonds is 6. The molecule has 1 aliphatic rings. The van der Waals surface area contributed by atoms with Crippen LogP contribution < -0.4 is 15.8 Å². The summed E-state index contributed by atoms with van der Waals surface area (Å²) in [5, 5.41) is 3.52. The molecule has 0 aromatic heterocycles. The summed E-state index contributed by atoms with van der Waals surface area (Å²) < 4.78 is 5.61. The van der Waals surface area contributed by atoms with Gasteiger partial charge in [0, 0.05) is 17.6 Å². The van der Waals surface area contributed by atoms with E-state index in [9.17, 15) is 4.79 Å². The van der Waals surface area contributed by atoms with Gasteiger partial charge in [-0.15, -0.1) is 12.4 Å². The first kappa shape index (κ1) is 18.1. The quantitative estimate of drug-likeness (QED) is 0.841. The van der Waals surface area contributed by atoms with Crippen LogP contribution in [0.25, 0.3) is 0 Å². The zero-order valence-corrected chi connectivity index (χ0v) is 13.8. The van der Waals surface area contributed by atoms with Gasteiger partial charge in [0.05, 0.1) is 0 Å². The molecule has 1 aliphatic carbocycles. The van der Waals surface area contributed by atoms with Crippen molar-refractivity contribution in [2.75, 3.05) is 6.54 Å². The normalized spacial score (nSPS) is 16.6. The summed E-state index contributed by atoms with van der Waals surface area (Å²) >= 11 is 5.95. The number of ether oxygens (including phenoxy) is 1. The van der Waals surface area contributed by atoms with Crippen LogP contribution in [0, 0.1) is 12.8 Å². The van der Waals surface area contributed by atoms with E-state index in [0.29, 0.717) is 23.2 Å². The van der Waals surface area contributed by atoms with Gasteiger partial charge in [-0.3, -0.25) is 4.79 Å². The second-order valence-corrected chi connectivity index (χ2v) is 5.82. The Morgan fingerprint density at radius 2 is 2.19 bits per heavy atom. The fraction of sp³-hybridized carbons (Fsp3) is 0.533. The monoisotopic (exact) mass is 332 g/mol. The Morgan fingerprint density at radius 1 is 1.52 bits per heavy atom. The number of nitrogens with one attached hydrogen (secondary N) is 1. The van der Waals surface area contributed by atoms with Crippen molar-refractivity contribution in [2.24, 2.45) is 11.7 Å². The molecule has 2 unspecified atom stereocenters. The minimum atomic E-state index is -0.554. The molecular formula is C15H22Cl2N2O2. The van der Waals surface area contributed by atoms with Gasteiger partial charge >= 0.3 is 0 Å². The van der Waals surface area contributed by atoms with E-state index in [4.69, 9.17) is 22.1 Å². The van der Waals surface area contributed by atoms with Crippen LogP contribution >= 0.6 is 24.0 Å². The van der Waals surface area contributed by atoms with E-state index < -0.39 is 6.10 Å². The second kappa shape index (κ2) is 7.87. The SMILES string of the molecule is Cc1cc(OC(C)C(=O)NCC(N)C2CC2)ccc1Cl.Cl. The number of hydrogen-bond donors (Lipinski definition) is 2. The van der Waals surface area contributed by atoms with Crippen molar-refractivity contribution in [1.82, 2.24) is 5.32 Å². The van der Waals surface area contributed by atoms with Crippen LogP contribution in [-0.2, 0) is 4.79 Å². The van der Waals surface area contributed by atoms with Gasteiger partial charge in [-0.05, 0) is 56.4 Å². The summed E-state index contributed by atoms with van der Waals surface area (Å²) in [6.45, 7) is 4.13. The van der Waals surface area contributed by atoms with E-state index in [1.165, 1.54) is 12.8 Å². The molecule has 1 aromatic rings. The highest BCUT2D eigenvalue weighted by Gasteiger charge is 2.29. The lowest BCUT2D eigenvalue weighted by atomic mass is 10.2. The summed E-state index contributed by atoms with van der Waals surface area (Å²) in [6.07, 6.45) is 1.79. The molecule has 0 bridgehead atoms. The third kappa shape index (κ3) is 5.38. The van der Waals surface area contributed by atoms with E-state index in [-0.39, 0.29) is 24.4 Å². The van der Waals surface area contributed by atoms with Crippen molar-refractivity contribution < 1.29 is 9.53 Å². The molecule has 1 amide bonds. The summed E-state index contributed by atoms with van der Waals surface area (Å²) in [6, 6.07) is 5.40. The predicted octanol–water partition coefficient (Wildman–Crippen LogP) is 2.69. The van der Waals surface area contributed by atoms with Gasteiger partial charge < -0.3 is 15.8 Å². The maximum Gasteiger partial charge on any atom is 0.260 e. The molecule has 4 nitrogen and oxygen atoms in total. The van der Waals surface area contributed by atoms with Gasteiger partial charge in [-0.25, -0.2) is 0 Å². The molecule has 2 rings (SSSR count). The summed E-state index contributed by atoms with van der Waals surface area (Å²) in [5.74, 6) is 1.07. The van der Waals surface area contributed by atoms with E-state index in [1.807, 2.05) is 13.0 Å². The third-order valence-electron chi connectivity index (χ3n) is 3.55. The van der Waals surface area contributed by atoms with Gasteiger partial charge in [0.1, 0.15) is 5.75 Å². The highest BCUT2D eigenvalue weighted by molar-refractivity contribution is 6.31. The lowest BCUT2D eigenvalue weighted by Gasteiger charge is -2.17. The summed E-state index contributed by atoms with van der Waals surface area (Å²) in [5.41, 5.74) is 6.87. The zero-order valence-electron chi connectivity index (χ0n) is 12.3. The second-order valence-electron chi connectivity index (χ2n) is 5.42. The van der Waals surface area contributed by atoms with Crippen LogP contribution in [0.15, 0.2) is 18.2 Å². The van der Waals surface area contributed by atoms with Crippen molar-refractivity contribution in [3.8, 4) is 5.75 Å². The average molecular weight is 333 g/mol. The fourth-order valence-electron chi connectivity index (χ4n) is 2.00. The van der Waals surface area contributed by atoms with Crippen molar-refractivity contribution in [2.45, 2.75) is 38.8 Å². The lowest BCUT2D eigenvalue weighted by molar-refractivity contribution is -0.127. The maximum absolute atomic E-state index is 11.9. The molecule has 0 spiro atoms.